The van der Waals surface area contributed by atoms with Crippen LogP contribution in [0, 0.1) is 3.77 Å². The molecule has 0 aliphatic carbocycles. The number of hydrogen-bond donors (Lipinski definition) is 0. The summed E-state index contributed by atoms with van der Waals surface area (Å²) in [5.74, 6) is 1.31. The van der Waals surface area contributed by atoms with Gasteiger partial charge in [-0.3, -0.25) is 0 Å². The van der Waals surface area contributed by atoms with Crippen molar-refractivity contribution in [2.24, 2.45) is 20.4 Å². The largest absolute Gasteiger partial charge is 0.449 e. The number of halogens is 1. The summed E-state index contributed by atoms with van der Waals surface area (Å²) in [4.78, 5) is 0. The van der Waals surface area contributed by atoms with Gasteiger partial charge < -0.3 is 4.42 Å². The lowest BCUT2D eigenvalue weighted by Gasteiger charge is -2.02. The Bertz CT molecular complexity index is 675. The van der Waals surface area contributed by atoms with Crippen LogP contribution in [0.15, 0.2) is 67.3 Å². The summed E-state index contributed by atoms with van der Waals surface area (Å²) in [5, 5.41) is 16.3. The molecular weight excluding hydrogens is 367 g/mol. The molecule has 1 aromatic heterocycles. The van der Waals surface area contributed by atoms with Gasteiger partial charge in [-0.05, 0) is 40.3 Å². The number of benzene rings is 1. The minimum atomic E-state index is 0.0507. The van der Waals surface area contributed by atoms with E-state index in [0.717, 1.165) is 9.33 Å². The standard InChI is InChI=1S/C14H11IN4O/c15-13-7-6-11(20-13)9-16-18-14-8-12(17-19-14)10-4-2-1-3-5-10/h1-7,9,12H,8H2/b16-9-,18-14-/t12-/m0/s1. The van der Waals surface area contributed by atoms with Crippen LogP contribution in [-0.4, -0.2) is 12.1 Å². The van der Waals surface area contributed by atoms with Crippen molar-refractivity contribution in [2.45, 2.75) is 12.5 Å². The summed E-state index contributed by atoms with van der Waals surface area (Å²) < 4.78 is 6.17. The minimum absolute atomic E-state index is 0.0507. The number of furan rings is 1. The molecule has 2 heterocycles. The lowest BCUT2D eigenvalue weighted by atomic mass is 10.1. The number of azo groups is 1. The molecular formula is C14H11IN4O. The Morgan fingerprint density at radius 3 is 2.80 bits per heavy atom. The summed E-state index contributed by atoms with van der Waals surface area (Å²) in [6.45, 7) is 0. The predicted octanol–water partition coefficient (Wildman–Crippen LogP) is 4.21. The fourth-order valence-corrected chi connectivity index (χ4v) is 2.30. The van der Waals surface area contributed by atoms with Gasteiger partial charge in [-0.15, -0.1) is 10.2 Å². The third-order valence-corrected chi connectivity index (χ3v) is 3.40. The van der Waals surface area contributed by atoms with Crippen molar-refractivity contribution in [2.75, 3.05) is 0 Å². The van der Waals surface area contributed by atoms with Crippen LogP contribution in [0.5, 0.6) is 0 Å². The quantitative estimate of drug-likeness (QED) is 0.448. The van der Waals surface area contributed by atoms with E-state index in [1.807, 2.05) is 42.5 Å². The van der Waals surface area contributed by atoms with Gasteiger partial charge in [0.1, 0.15) is 11.8 Å². The van der Waals surface area contributed by atoms with Crippen LogP contribution in [-0.2, 0) is 0 Å². The van der Waals surface area contributed by atoms with E-state index in [9.17, 15) is 0 Å². The SMILES string of the molecule is Ic1ccc(/C=N\N=C2\C[C@@H](c3ccccc3)N=N2)o1. The van der Waals surface area contributed by atoms with Gasteiger partial charge >= 0.3 is 0 Å². The third kappa shape index (κ3) is 3.19. The van der Waals surface area contributed by atoms with Gasteiger partial charge in [-0.25, -0.2) is 0 Å². The first-order chi connectivity index (χ1) is 9.81. The number of hydrogen-bond acceptors (Lipinski definition) is 4. The van der Waals surface area contributed by atoms with Gasteiger partial charge in [0, 0.05) is 6.42 Å². The first-order valence-corrected chi connectivity index (χ1v) is 7.20. The van der Waals surface area contributed by atoms with E-state index in [0.29, 0.717) is 18.0 Å². The molecule has 1 aliphatic heterocycles. The molecule has 0 saturated heterocycles. The molecule has 0 radical (unpaired) electrons. The van der Waals surface area contributed by atoms with Crippen molar-refractivity contribution in [1.29, 1.82) is 0 Å². The molecule has 0 fully saturated rings. The van der Waals surface area contributed by atoms with Gasteiger partial charge in [-0.2, -0.15) is 10.2 Å². The molecule has 0 amide bonds. The van der Waals surface area contributed by atoms with Gasteiger partial charge in [0.2, 0.25) is 0 Å². The van der Waals surface area contributed by atoms with Crippen molar-refractivity contribution < 1.29 is 4.42 Å². The van der Waals surface area contributed by atoms with E-state index < -0.39 is 0 Å². The Balaban J connectivity index is 1.64. The van der Waals surface area contributed by atoms with Gasteiger partial charge in [0.25, 0.3) is 0 Å². The molecule has 0 bridgehead atoms. The molecule has 20 heavy (non-hydrogen) atoms. The lowest BCUT2D eigenvalue weighted by molar-refractivity contribution is 0.531. The van der Waals surface area contributed by atoms with E-state index in [4.69, 9.17) is 4.42 Å². The lowest BCUT2D eigenvalue weighted by Crippen LogP contribution is -1.95. The first kappa shape index (κ1) is 13.2. The highest BCUT2D eigenvalue weighted by atomic mass is 127. The fourth-order valence-electron chi connectivity index (χ4n) is 1.86. The van der Waals surface area contributed by atoms with Crippen LogP contribution in [0.2, 0.25) is 0 Å². The van der Waals surface area contributed by atoms with Gasteiger partial charge in [-0.1, -0.05) is 30.3 Å². The summed E-state index contributed by atoms with van der Waals surface area (Å²) >= 11 is 2.10. The van der Waals surface area contributed by atoms with Crippen LogP contribution in [0.1, 0.15) is 23.8 Å². The molecule has 1 atom stereocenters. The van der Waals surface area contributed by atoms with E-state index in [2.05, 4.69) is 43.0 Å². The Morgan fingerprint density at radius 1 is 1.20 bits per heavy atom. The van der Waals surface area contributed by atoms with E-state index in [1.54, 1.807) is 6.21 Å². The molecule has 0 saturated carbocycles. The molecule has 1 aliphatic rings. The predicted molar refractivity (Wildman–Crippen MR) is 85.1 cm³/mol. The Hall–Kier alpha value is -1.83. The molecule has 5 nitrogen and oxygen atoms in total. The van der Waals surface area contributed by atoms with Crippen molar-refractivity contribution in [3.8, 4) is 0 Å². The molecule has 6 heteroatoms. The maximum Gasteiger partial charge on any atom is 0.175 e. The molecule has 0 N–H and O–H groups in total. The smallest absolute Gasteiger partial charge is 0.175 e. The number of rotatable bonds is 3. The first-order valence-electron chi connectivity index (χ1n) is 6.12. The second kappa shape index (κ2) is 6.08. The van der Waals surface area contributed by atoms with E-state index >= 15 is 0 Å². The zero-order valence-electron chi connectivity index (χ0n) is 10.5. The molecule has 2 aromatic rings. The summed E-state index contributed by atoms with van der Waals surface area (Å²) in [7, 11) is 0. The molecule has 100 valence electrons. The summed E-state index contributed by atoms with van der Waals surface area (Å²) in [5.41, 5.74) is 1.14. The van der Waals surface area contributed by atoms with E-state index in [1.165, 1.54) is 0 Å². The zero-order chi connectivity index (χ0) is 13.8. The van der Waals surface area contributed by atoms with Gasteiger partial charge in [0.15, 0.2) is 9.60 Å². The van der Waals surface area contributed by atoms with Crippen molar-refractivity contribution >= 4 is 34.6 Å². The van der Waals surface area contributed by atoms with Crippen molar-refractivity contribution in [3.05, 3.63) is 57.6 Å². The highest BCUT2D eigenvalue weighted by molar-refractivity contribution is 14.1. The van der Waals surface area contributed by atoms with Crippen LogP contribution in [0.25, 0.3) is 0 Å². The minimum Gasteiger partial charge on any atom is -0.449 e. The third-order valence-electron chi connectivity index (χ3n) is 2.82. The highest BCUT2D eigenvalue weighted by Gasteiger charge is 2.19. The molecule has 1 aromatic carbocycles. The average Bonchev–Trinajstić information content (AvgIpc) is 3.09. The second-order valence-corrected chi connectivity index (χ2v) is 5.31. The number of amidine groups is 1. The zero-order valence-corrected chi connectivity index (χ0v) is 12.6. The van der Waals surface area contributed by atoms with Gasteiger partial charge in [0.05, 0.1) is 6.21 Å². The maximum atomic E-state index is 5.35. The maximum absolute atomic E-state index is 5.35. The number of nitrogens with zero attached hydrogens (tertiary/aromatic N) is 4. The van der Waals surface area contributed by atoms with Crippen LogP contribution in [0.4, 0.5) is 0 Å². The molecule has 0 spiro atoms. The van der Waals surface area contributed by atoms with Crippen LogP contribution < -0.4 is 0 Å². The fraction of sp³-hybridized carbons (Fsp3) is 0.143. The van der Waals surface area contributed by atoms with Crippen molar-refractivity contribution in [1.82, 2.24) is 0 Å². The average molecular weight is 378 g/mol. The summed E-state index contributed by atoms with van der Waals surface area (Å²) in [6.07, 6.45) is 2.25. The Labute approximate surface area is 129 Å². The molecule has 3 rings (SSSR count). The molecule has 0 unspecified atom stereocenters. The highest BCUT2D eigenvalue weighted by Crippen LogP contribution is 2.27. The van der Waals surface area contributed by atoms with Crippen molar-refractivity contribution in [3.63, 3.8) is 0 Å². The monoisotopic (exact) mass is 378 g/mol. The topological polar surface area (TPSA) is 62.6 Å². The second-order valence-electron chi connectivity index (χ2n) is 4.25. The summed E-state index contributed by atoms with van der Waals surface area (Å²) in [6, 6.07) is 13.8. The van der Waals surface area contributed by atoms with Crippen LogP contribution in [0.3, 0.4) is 0 Å². The normalized spacial score (nSPS) is 20.2. The van der Waals surface area contributed by atoms with E-state index in [-0.39, 0.29) is 6.04 Å². The Morgan fingerprint density at radius 2 is 2.05 bits per heavy atom. The Kier molecular flexibility index (Phi) is 4.00. The van der Waals surface area contributed by atoms with Crippen LogP contribution >= 0.6 is 22.6 Å².